The number of nitrogens with one attached hydrogen (secondary N) is 1. The molecule has 1 saturated heterocycles. The van der Waals surface area contributed by atoms with Crippen LogP contribution >= 0.6 is 0 Å². The molecule has 3 rings (SSSR count). The Bertz CT molecular complexity index is 1310. The van der Waals surface area contributed by atoms with E-state index >= 15 is 0 Å². The van der Waals surface area contributed by atoms with E-state index in [2.05, 4.69) is 32.9 Å². The highest BCUT2D eigenvalue weighted by molar-refractivity contribution is 5.83. The minimum Gasteiger partial charge on any atom is -0.456 e. The highest BCUT2D eigenvalue weighted by Crippen LogP contribution is 2.40. The Hall–Kier alpha value is -3.30. The standard InChI is InChI=1S/C29H37FN2O6/c1-18(11-12-21-20(3)10-7-13-29(21,4)5)8-6-9-19(2)14-26(34)38-23-15-25(37-24(23)17-33)32-16-22(30)27(35)31-28(32)36/h6,8-9,11-12,14,16,23-25,33H,7,10,13,15,17H2,1-5H3,(H,31,35,36)/b9-6+,12-11+,18-8+,19-14+. The number of aromatic amines is 1. The maximum absolute atomic E-state index is 13.7. The minimum absolute atomic E-state index is 0.00602. The highest BCUT2D eigenvalue weighted by atomic mass is 19.1. The molecule has 2 aliphatic rings. The number of carbonyl (C=O) groups is 1. The molecule has 206 valence electrons. The van der Waals surface area contributed by atoms with Crippen LogP contribution in [0.1, 0.15) is 66.5 Å². The molecule has 0 bridgehead atoms. The predicted octanol–water partition coefficient (Wildman–Crippen LogP) is 4.40. The summed E-state index contributed by atoms with van der Waals surface area (Å²) in [6.45, 7) is 10.1. The van der Waals surface area contributed by atoms with Gasteiger partial charge in [-0.25, -0.2) is 9.59 Å². The molecular formula is C29H37FN2O6. The van der Waals surface area contributed by atoms with E-state index < -0.39 is 48.1 Å². The summed E-state index contributed by atoms with van der Waals surface area (Å²) in [6.07, 6.45) is 12.8. The highest BCUT2D eigenvalue weighted by Gasteiger charge is 2.39. The molecule has 3 atom stereocenters. The van der Waals surface area contributed by atoms with E-state index in [4.69, 9.17) is 9.47 Å². The van der Waals surface area contributed by atoms with E-state index in [1.807, 2.05) is 24.1 Å². The number of halogens is 1. The number of H-pyrrole nitrogens is 1. The van der Waals surface area contributed by atoms with Crippen LogP contribution in [0.2, 0.25) is 0 Å². The van der Waals surface area contributed by atoms with Gasteiger partial charge in [-0.3, -0.25) is 14.3 Å². The van der Waals surface area contributed by atoms with Gasteiger partial charge in [0.2, 0.25) is 5.82 Å². The lowest BCUT2D eigenvalue weighted by atomic mass is 9.72. The van der Waals surface area contributed by atoms with Gasteiger partial charge in [-0.2, -0.15) is 4.39 Å². The van der Waals surface area contributed by atoms with Crippen molar-refractivity contribution in [3.8, 4) is 0 Å². The molecule has 1 aromatic rings. The smallest absolute Gasteiger partial charge is 0.331 e. The molecule has 8 nitrogen and oxygen atoms in total. The number of carbonyl (C=O) groups excluding carboxylic acids is 1. The zero-order chi connectivity index (χ0) is 28.0. The molecule has 9 heteroatoms. The monoisotopic (exact) mass is 528 g/mol. The fourth-order valence-electron chi connectivity index (χ4n) is 4.88. The van der Waals surface area contributed by atoms with E-state index in [0.717, 1.165) is 22.8 Å². The second-order valence-electron chi connectivity index (χ2n) is 10.6. The Balaban J connectivity index is 1.60. The third kappa shape index (κ3) is 7.39. The number of nitrogens with zero attached hydrogens (tertiary/aromatic N) is 1. The van der Waals surface area contributed by atoms with Gasteiger partial charge in [0.25, 0.3) is 5.56 Å². The first-order valence-electron chi connectivity index (χ1n) is 12.8. The molecule has 0 amide bonds. The third-order valence-corrected chi connectivity index (χ3v) is 6.98. The van der Waals surface area contributed by atoms with Crippen molar-refractivity contribution >= 4 is 5.97 Å². The maximum atomic E-state index is 13.7. The number of hydrogen-bond donors (Lipinski definition) is 2. The van der Waals surface area contributed by atoms with Crippen LogP contribution in [0.4, 0.5) is 4.39 Å². The molecule has 1 aromatic heterocycles. The first kappa shape index (κ1) is 29.3. The number of ether oxygens (including phenoxy) is 2. The molecule has 0 radical (unpaired) electrons. The normalized spacial score (nSPS) is 24.6. The molecule has 2 N–H and O–H groups in total. The van der Waals surface area contributed by atoms with Gasteiger partial charge in [0.1, 0.15) is 18.4 Å². The summed E-state index contributed by atoms with van der Waals surface area (Å²) in [5, 5.41) is 9.63. The van der Waals surface area contributed by atoms with Crippen molar-refractivity contribution in [3.05, 3.63) is 91.6 Å². The van der Waals surface area contributed by atoms with Crippen molar-refractivity contribution in [2.75, 3.05) is 6.61 Å². The van der Waals surface area contributed by atoms with Crippen molar-refractivity contribution < 1.29 is 23.8 Å². The topological polar surface area (TPSA) is 111 Å². The fraction of sp³-hybridized carbons (Fsp3) is 0.483. The van der Waals surface area contributed by atoms with E-state index in [-0.39, 0.29) is 11.8 Å². The number of hydrogen-bond acceptors (Lipinski definition) is 6. The fourth-order valence-corrected chi connectivity index (χ4v) is 4.88. The lowest BCUT2D eigenvalue weighted by molar-refractivity contribution is -0.147. The Morgan fingerprint density at radius 1 is 1.29 bits per heavy atom. The van der Waals surface area contributed by atoms with Gasteiger partial charge in [0, 0.05) is 12.5 Å². The molecule has 0 aromatic carbocycles. The average Bonchev–Trinajstić information content (AvgIpc) is 3.22. The van der Waals surface area contributed by atoms with E-state index in [9.17, 15) is 23.9 Å². The van der Waals surface area contributed by atoms with Crippen LogP contribution in [0.3, 0.4) is 0 Å². The van der Waals surface area contributed by atoms with Crippen LogP contribution in [0.15, 0.2) is 74.5 Å². The van der Waals surface area contributed by atoms with E-state index in [1.54, 1.807) is 13.0 Å². The Morgan fingerprint density at radius 2 is 2.03 bits per heavy atom. The summed E-state index contributed by atoms with van der Waals surface area (Å²) < 4.78 is 25.5. The first-order chi connectivity index (χ1) is 17.9. The Morgan fingerprint density at radius 3 is 2.71 bits per heavy atom. The first-order valence-corrected chi connectivity index (χ1v) is 12.8. The number of rotatable bonds is 8. The number of aliphatic hydroxyl groups excluding tert-OH is 1. The molecule has 1 aliphatic heterocycles. The molecule has 1 aliphatic carbocycles. The van der Waals surface area contributed by atoms with Gasteiger partial charge in [0.15, 0.2) is 0 Å². The van der Waals surface area contributed by atoms with Crippen molar-refractivity contribution in [1.82, 2.24) is 9.55 Å². The van der Waals surface area contributed by atoms with Crippen LogP contribution in [0, 0.1) is 11.2 Å². The molecule has 3 unspecified atom stereocenters. The Labute approximate surface area is 221 Å². The number of aliphatic hydroxyl groups is 1. The maximum Gasteiger partial charge on any atom is 0.331 e. The zero-order valence-electron chi connectivity index (χ0n) is 22.6. The van der Waals surface area contributed by atoms with Gasteiger partial charge >= 0.3 is 11.7 Å². The zero-order valence-corrected chi connectivity index (χ0v) is 22.6. The molecule has 1 fully saturated rings. The summed E-state index contributed by atoms with van der Waals surface area (Å²) in [7, 11) is 0. The van der Waals surface area contributed by atoms with Gasteiger partial charge < -0.3 is 14.6 Å². The summed E-state index contributed by atoms with van der Waals surface area (Å²) in [4.78, 5) is 37.6. The predicted molar refractivity (Wildman–Crippen MR) is 143 cm³/mol. The largest absolute Gasteiger partial charge is 0.456 e. The van der Waals surface area contributed by atoms with Gasteiger partial charge in [-0.1, -0.05) is 55.4 Å². The second kappa shape index (κ2) is 12.5. The molecule has 2 heterocycles. The second-order valence-corrected chi connectivity index (χ2v) is 10.6. The summed E-state index contributed by atoms with van der Waals surface area (Å²) in [5.74, 6) is -1.79. The van der Waals surface area contributed by atoms with Crippen LogP contribution < -0.4 is 11.2 Å². The van der Waals surface area contributed by atoms with Crippen molar-refractivity contribution in [2.24, 2.45) is 5.41 Å². The average molecular weight is 529 g/mol. The van der Waals surface area contributed by atoms with Crippen LogP contribution in [0.5, 0.6) is 0 Å². The number of aromatic nitrogens is 2. The van der Waals surface area contributed by atoms with Crippen molar-refractivity contribution in [3.63, 3.8) is 0 Å². The Kier molecular flexibility index (Phi) is 9.62. The van der Waals surface area contributed by atoms with E-state index in [1.165, 1.54) is 30.1 Å². The minimum atomic E-state index is -1.15. The molecule has 0 saturated carbocycles. The van der Waals surface area contributed by atoms with Crippen LogP contribution in [-0.2, 0) is 14.3 Å². The SMILES string of the molecule is CC1=C(/C=C/C(C)=C/C=C/C(C)=C/C(=O)OC2CC(n3cc(F)c(=O)[nH]c3=O)OC2CO)C(C)(C)CCC1. The summed E-state index contributed by atoms with van der Waals surface area (Å²) in [5.41, 5.74) is 2.75. The van der Waals surface area contributed by atoms with Crippen molar-refractivity contribution in [2.45, 2.75) is 78.7 Å². The summed E-state index contributed by atoms with van der Waals surface area (Å²) in [6, 6.07) is 0. The molecule has 38 heavy (non-hydrogen) atoms. The van der Waals surface area contributed by atoms with Crippen LogP contribution in [0.25, 0.3) is 0 Å². The number of allylic oxidation sites excluding steroid dienone is 9. The van der Waals surface area contributed by atoms with Gasteiger partial charge in [-0.05, 0) is 56.6 Å². The van der Waals surface area contributed by atoms with Crippen LogP contribution in [-0.4, -0.2) is 39.4 Å². The lowest BCUT2D eigenvalue weighted by Gasteiger charge is -2.32. The molecular weight excluding hydrogens is 491 g/mol. The lowest BCUT2D eigenvalue weighted by Crippen LogP contribution is -2.34. The van der Waals surface area contributed by atoms with E-state index in [0.29, 0.717) is 5.57 Å². The summed E-state index contributed by atoms with van der Waals surface area (Å²) >= 11 is 0. The third-order valence-electron chi connectivity index (χ3n) is 6.98. The molecule has 0 spiro atoms. The quantitative estimate of drug-likeness (QED) is 0.294. The number of esters is 1. The van der Waals surface area contributed by atoms with Crippen molar-refractivity contribution in [1.29, 1.82) is 0 Å². The van der Waals surface area contributed by atoms with Gasteiger partial charge in [-0.15, -0.1) is 0 Å². The van der Waals surface area contributed by atoms with Gasteiger partial charge in [0.05, 0.1) is 12.8 Å².